The van der Waals surface area contributed by atoms with Crippen molar-refractivity contribution in [1.82, 2.24) is 14.1 Å². The minimum atomic E-state index is -3.96. The molecule has 1 aromatic heterocycles. The van der Waals surface area contributed by atoms with Gasteiger partial charge in [-0.2, -0.15) is 9.40 Å². The first kappa shape index (κ1) is 15.5. The summed E-state index contributed by atoms with van der Waals surface area (Å²) in [6.07, 6.45) is 4.98. The van der Waals surface area contributed by atoms with Gasteiger partial charge in [-0.3, -0.25) is 4.68 Å². The Labute approximate surface area is 133 Å². The van der Waals surface area contributed by atoms with Crippen molar-refractivity contribution in [2.75, 3.05) is 13.1 Å². The van der Waals surface area contributed by atoms with E-state index in [1.54, 1.807) is 23.1 Å². The molecule has 2 aromatic rings. The van der Waals surface area contributed by atoms with Gasteiger partial charge >= 0.3 is 0 Å². The van der Waals surface area contributed by atoms with E-state index in [1.807, 2.05) is 0 Å². The van der Waals surface area contributed by atoms with E-state index in [1.165, 1.54) is 16.4 Å². The van der Waals surface area contributed by atoms with Gasteiger partial charge in [0.25, 0.3) is 0 Å². The Morgan fingerprint density at radius 1 is 1.32 bits per heavy atom. The zero-order chi connectivity index (χ0) is 15.7. The summed E-state index contributed by atoms with van der Waals surface area (Å²) in [5.74, 6) is -0.825. The molecule has 1 aromatic carbocycles. The molecule has 1 aliphatic rings. The van der Waals surface area contributed by atoms with Crippen LogP contribution >= 0.6 is 11.6 Å². The number of halogens is 2. The van der Waals surface area contributed by atoms with Crippen LogP contribution in [0.5, 0.6) is 0 Å². The average molecular weight is 344 g/mol. The molecule has 1 saturated heterocycles. The molecule has 118 valence electrons. The Kier molecular flexibility index (Phi) is 4.20. The van der Waals surface area contributed by atoms with E-state index < -0.39 is 20.7 Å². The number of benzene rings is 1. The third-order valence-electron chi connectivity index (χ3n) is 3.78. The number of piperidine rings is 1. The summed E-state index contributed by atoms with van der Waals surface area (Å²) in [5, 5.41) is 4.06. The number of nitrogens with zero attached hydrogens (tertiary/aromatic N) is 3. The van der Waals surface area contributed by atoms with Crippen molar-refractivity contribution in [3.05, 3.63) is 47.5 Å². The standard InChI is InChI=1S/C14H15ClFN3O2S/c15-12-5-1-6-13(16)14(12)22(20,21)18-8-2-4-11(10-18)19-9-3-7-17-19/h1,3,5-7,9,11H,2,4,8,10H2/t11-/m1/s1. The highest BCUT2D eigenvalue weighted by molar-refractivity contribution is 7.89. The molecule has 0 aliphatic carbocycles. The molecular weight excluding hydrogens is 329 g/mol. The quantitative estimate of drug-likeness (QED) is 0.861. The molecule has 0 spiro atoms. The predicted molar refractivity (Wildman–Crippen MR) is 80.7 cm³/mol. The van der Waals surface area contributed by atoms with Gasteiger partial charge in [0.1, 0.15) is 10.7 Å². The predicted octanol–water partition coefficient (Wildman–Crippen LogP) is 2.70. The molecule has 8 heteroatoms. The second-order valence-corrected chi connectivity index (χ2v) is 7.48. The average Bonchev–Trinajstić information content (AvgIpc) is 3.01. The molecule has 1 aliphatic heterocycles. The van der Waals surface area contributed by atoms with Crippen LogP contribution in [0.2, 0.25) is 5.02 Å². The maximum absolute atomic E-state index is 14.0. The van der Waals surface area contributed by atoms with Gasteiger partial charge in [-0.1, -0.05) is 17.7 Å². The number of hydrogen-bond acceptors (Lipinski definition) is 3. The molecule has 0 saturated carbocycles. The van der Waals surface area contributed by atoms with Crippen LogP contribution in [0.1, 0.15) is 18.9 Å². The summed E-state index contributed by atoms with van der Waals surface area (Å²) >= 11 is 5.91. The van der Waals surface area contributed by atoms with E-state index in [0.29, 0.717) is 13.0 Å². The maximum atomic E-state index is 14.0. The lowest BCUT2D eigenvalue weighted by Gasteiger charge is -2.32. The zero-order valence-electron chi connectivity index (χ0n) is 11.7. The summed E-state index contributed by atoms with van der Waals surface area (Å²) in [6.45, 7) is 0.611. The van der Waals surface area contributed by atoms with Crippen LogP contribution in [-0.2, 0) is 10.0 Å². The van der Waals surface area contributed by atoms with E-state index in [0.717, 1.165) is 12.5 Å². The Bertz CT molecular complexity index is 744. The van der Waals surface area contributed by atoms with Gasteiger partial charge < -0.3 is 0 Å². The molecule has 0 unspecified atom stereocenters. The topological polar surface area (TPSA) is 55.2 Å². The van der Waals surface area contributed by atoms with Gasteiger partial charge in [0.15, 0.2) is 0 Å². The van der Waals surface area contributed by atoms with Crippen LogP contribution in [0, 0.1) is 5.82 Å². The van der Waals surface area contributed by atoms with Crippen molar-refractivity contribution >= 4 is 21.6 Å². The summed E-state index contributed by atoms with van der Waals surface area (Å²) in [4.78, 5) is -0.446. The number of sulfonamides is 1. The van der Waals surface area contributed by atoms with Crippen LogP contribution in [0.25, 0.3) is 0 Å². The molecular formula is C14H15ClFN3O2S. The molecule has 22 heavy (non-hydrogen) atoms. The van der Waals surface area contributed by atoms with E-state index in [2.05, 4.69) is 5.10 Å². The third-order valence-corrected chi connectivity index (χ3v) is 6.14. The van der Waals surface area contributed by atoms with E-state index in [9.17, 15) is 12.8 Å². The normalized spacial score (nSPS) is 20.2. The first-order chi connectivity index (χ1) is 10.5. The third kappa shape index (κ3) is 2.76. The van der Waals surface area contributed by atoms with E-state index in [4.69, 9.17) is 11.6 Å². The highest BCUT2D eigenvalue weighted by Gasteiger charge is 2.34. The highest BCUT2D eigenvalue weighted by Crippen LogP contribution is 2.31. The smallest absolute Gasteiger partial charge is 0.247 e. The van der Waals surface area contributed by atoms with Crippen molar-refractivity contribution in [2.24, 2.45) is 0 Å². The van der Waals surface area contributed by atoms with E-state index in [-0.39, 0.29) is 17.6 Å². The lowest BCUT2D eigenvalue weighted by molar-refractivity contribution is 0.253. The van der Waals surface area contributed by atoms with Crippen molar-refractivity contribution in [3.63, 3.8) is 0 Å². The fourth-order valence-electron chi connectivity index (χ4n) is 2.71. The lowest BCUT2D eigenvalue weighted by Crippen LogP contribution is -2.41. The fourth-order valence-corrected chi connectivity index (χ4v) is 4.79. The first-order valence-electron chi connectivity index (χ1n) is 6.93. The summed E-state index contributed by atoms with van der Waals surface area (Å²) in [5.41, 5.74) is 0. The summed E-state index contributed by atoms with van der Waals surface area (Å²) < 4.78 is 42.4. The van der Waals surface area contributed by atoms with Crippen molar-refractivity contribution in [2.45, 2.75) is 23.8 Å². The van der Waals surface area contributed by atoms with Gasteiger partial charge in [0.2, 0.25) is 10.0 Å². The second kappa shape index (κ2) is 5.98. The zero-order valence-corrected chi connectivity index (χ0v) is 13.3. The van der Waals surface area contributed by atoms with Gasteiger partial charge in [-0.05, 0) is 31.0 Å². The highest BCUT2D eigenvalue weighted by atomic mass is 35.5. The van der Waals surface area contributed by atoms with Crippen LogP contribution in [0.15, 0.2) is 41.6 Å². The van der Waals surface area contributed by atoms with Crippen molar-refractivity contribution < 1.29 is 12.8 Å². The minimum Gasteiger partial charge on any atom is -0.268 e. The van der Waals surface area contributed by atoms with Gasteiger partial charge in [0.05, 0.1) is 11.1 Å². The fraction of sp³-hybridized carbons (Fsp3) is 0.357. The van der Waals surface area contributed by atoms with Crippen molar-refractivity contribution in [3.8, 4) is 0 Å². The van der Waals surface area contributed by atoms with Crippen LogP contribution < -0.4 is 0 Å². The minimum absolute atomic E-state index is 0.0518. The number of hydrogen-bond donors (Lipinski definition) is 0. The Morgan fingerprint density at radius 2 is 2.14 bits per heavy atom. The van der Waals surface area contributed by atoms with Gasteiger partial charge in [-0.15, -0.1) is 0 Å². The summed E-state index contributed by atoms with van der Waals surface area (Å²) in [6, 6.07) is 5.62. The maximum Gasteiger partial charge on any atom is 0.247 e. The summed E-state index contributed by atoms with van der Waals surface area (Å²) in [7, 11) is -3.96. The van der Waals surface area contributed by atoms with E-state index >= 15 is 0 Å². The van der Waals surface area contributed by atoms with Gasteiger partial charge in [-0.25, -0.2) is 12.8 Å². The second-order valence-electron chi connectivity index (χ2n) is 5.20. The Balaban J connectivity index is 1.92. The molecule has 0 radical (unpaired) electrons. The SMILES string of the molecule is O=S(=O)(c1c(F)cccc1Cl)N1CCC[C@@H](n2cccn2)C1. The molecule has 0 N–H and O–H groups in total. The molecule has 3 rings (SSSR count). The number of rotatable bonds is 3. The monoisotopic (exact) mass is 343 g/mol. The molecule has 1 fully saturated rings. The molecule has 0 amide bonds. The van der Waals surface area contributed by atoms with Gasteiger partial charge in [0, 0.05) is 25.5 Å². The Hall–Kier alpha value is -1.44. The first-order valence-corrected chi connectivity index (χ1v) is 8.75. The van der Waals surface area contributed by atoms with Crippen LogP contribution in [-0.4, -0.2) is 35.6 Å². The molecule has 1 atom stereocenters. The lowest BCUT2D eigenvalue weighted by atomic mass is 10.1. The Morgan fingerprint density at radius 3 is 2.82 bits per heavy atom. The molecule has 2 heterocycles. The molecule has 5 nitrogen and oxygen atoms in total. The number of aromatic nitrogens is 2. The van der Waals surface area contributed by atoms with Crippen molar-refractivity contribution in [1.29, 1.82) is 0 Å². The largest absolute Gasteiger partial charge is 0.268 e. The van der Waals surface area contributed by atoms with Crippen LogP contribution in [0.3, 0.4) is 0 Å². The molecule has 0 bridgehead atoms. The van der Waals surface area contributed by atoms with Crippen LogP contribution in [0.4, 0.5) is 4.39 Å².